The molecule has 114 valence electrons. The van der Waals surface area contributed by atoms with Crippen LogP contribution in [-0.4, -0.2) is 16.8 Å². The van der Waals surface area contributed by atoms with E-state index in [0.717, 1.165) is 0 Å². The molecule has 0 fully saturated rings. The van der Waals surface area contributed by atoms with Gasteiger partial charge in [0.15, 0.2) is 5.70 Å². The maximum Gasteiger partial charge on any atom is 0.363 e. The molecule has 0 aromatic heterocycles. The van der Waals surface area contributed by atoms with E-state index in [4.69, 9.17) is 4.74 Å². The normalized spacial score (nSPS) is 15.4. The summed E-state index contributed by atoms with van der Waals surface area (Å²) in [5, 5.41) is 10.8. The average Bonchev–Trinajstić information content (AvgIpc) is 2.91. The minimum Gasteiger partial charge on any atom is -0.402 e. The molecule has 0 N–H and O–H groups in total. The highest BCUT2D eigenvalue weighted by molar-refractivity contribution is 6.13. The van der Waals surface area contributed by atoms with Crippen LogP contribution in [0.2, 0.25) is 0 Å². The number of hydrogen-bond donors (Lipinski definition) is 0. The van der Waals surface area contributed by atoms with E-state index >= 15 is 0 Å². The van der Waals surface area contributed by atoms with Crippen LogP contribution in [0.5, 0.6) is 0 Å². The summed E-state index contributed by atoms with van der Waals surface area (Å²) in [5.41, 5.74) is 0.827. The van der Waals surface area contributed by atoms with E-state index in [1.54, 1.807) is 6.07 Å². The van der Waals surface area contributed by atoms with Crippen molar-refractivity contribution in [1.82, 2.24) is 0 Å². The molecule has 2 aromatic carbocycles. The summed E-state index contributed by atoms with van der Waals surface area (Å²) in [4.78, 5) is 26.1. The largest absolute Gasteiger partial charge is 0.402 e. The van der Waals surface area contributed by atoms with E-state index in [1.165, 1.54) is 48.5 Å². The monoisotopic (exact) mass is 312 g/mol. The number of ether oxygens (including phenoxy) is 1. The van der Waals surface area contributed by atoms with E-state index < -0.39 is 10.9 Å². The molecule has 2 aromatic rings. The Morgan fingerprint density at radius 3 is 2.61 bits per heavy atom. The number of benzene rings is 2. The number of nitro benzene ring substituents is 1. The quantitative estimate of drug-likeness (QED) is 0.377. The maximum atomic E-state index is 12.9. The highest BCUT2D eigenvalue weighted by Crippen LogP contribution is 2.21. The molecule has 7 heteroatoms. The summed E-state index contributed by atoms with van der Waals surface area (Å²) in [5.74, 6) is -1.06. The lowest BCUT2D eigenvalue weighted by molar-refractivity contribution is -0.384. The molecule has 6 nitrogen and oxygen atoms in total. The van der Waals surface area contributed by atoms with Gasteiger partial charge in [-0.2, -0.15) is 0 Å². The smallest absolute Gasteiger partial charge is 0.363 e. The summed E-state index contributed by atoms with van der Waals surface area (Å²) >= 11 is 0. The summed E-state index contributed by atoms with van der Waals surface area (Å²) in [7, 11) is 0. The van der Waals surface area contributed by atoms with Crippen LogP contribution in [0.25, 0.3) is 6.08 Å². The van der Waals surface area contributed by atoms with Gasteiger partial charge in [-0.25, -0.2) is 14.2 Å². The van der Waals surface area contributed by atoms with Gasteiger partial charge in [-0.3, -0.25) is 10.1 Å². The Morgan fingerprint density at radius 2 is 1.91 bits per heavy atom. The number of carbonyl (C=O) groups excluding carboxylic acids is 1. The standard InChI is InChI=1S/C16H9FN2O4/c17-12-6-4-10(5-7-12)8-14-16(20)23-15(18-14)11-2-1-3-13(9-11)19(21)22/h1-9H/b14-8-. The molecule has 1 aliphatic heterocycles. The van der Waals surface area contributed by atoms with Crippen LogP contribution in [-0.2, 0) is 9.53 Å². The van der Waals surface area contributed by atoms with Crippen molar-refractivity contribution < 1.29 is 18.8 Å². The molecule has 0 bridgehead atoms. The number of cyclic esters (lactones) is 1. The van der Waals surface area contributed by atoms with Gasteiger partial charge >= 0.3 is 5.97 Å². The Labute approximate surface area is 129 Å². The van der Waals surface area contributed by atoms with E-state index in [0.29, 0.717) is 11.1 Å². The molecule has 3 rings (SSSR count). The van der Waals surface area contributed by atoms with Crippen molar-refractivity contribution in [2.24, 2.45) is 4.99 Å². The van der Waals surface area contributed by atoms with Crippen molar-refractivity contribution in [3.63, 3.8) is 0 Å². The Hall–Kier alpha value is -3.35. The number of nitro groups is 1. The first-order chi connectivity index (χ1) is 11.0. The second-order valence-electron chi connectivity index (χ2n) is 4.70. The molecule has 0 unspecified atom stereocenters. The molecular formula is C16H9FN2O4. The number of hydrogen-bond acceptors (Lipinski definition) is 5. The molecule has 0 radical (unpaired) electrons. The summed E-state index contributed by atoms with van der Waals surface area (Å²) in [6, 6.07) is 11.1. The van der Waals surface area contributed by atoms with Crippen LogP contribution in [0.4, 0.5) is 10.1 Å². The molecule has 0 spiro atoms. The molecule has 1 aliphatic rings. The van der Waals surface area contributed by atoms with Crippen LogP contribution in [0.3, 0.4) is 0 Å². The Bertz CT molecular complexity index is 857. The lowest BCUT2D eigenvalue weighted by atomic mass is 10.2. The van der Waals surface area contributed by atoms with Crippen molar-refractivity contribution in [3.05, 3.63) is 81.3 Å². The predicted octanol–water partition coefficient (Wildman–Crippen LogP) is 3.08. The first kappa shape index (κ1) is 14.6. The SMILES string of the molecule is O=C1OC(c2cccc([N+](=O)[O-])c2)=N/C1=C\c1ccc(F)cc1. The summed E-state index contributed by atoms with van der Waals surface area (Å²) in [6.07, 6.45) is 1.45. The van der Waals surface area contributed by atoms with Crippen LogP contribution in [0.15, 0.2) is 59.2 Å². The zero-order valence-electron chi connectivity index (χ0n) is 11.6. The van der Waals surface area contributed by atoms with E-state index in [1.807, 2.05) is 0 Å². The number of esters is 1. The lowest BCUT2D eigenvalue weighted by Gasteiger charge is -1.98. The van der Waals surface area contributed by atoms with Crippen molar-refractivity contribution in [2.75, 3.05) is 0 Å². The molecule has 0 atom stereocenters. The van der Waals surface area contributed by atoms with Gasteiger partial charge in [0.25, 0.3) is 5.69 Å². The van der Waals surface area contributed by atoms with E-state index in [-0.39, 0.29) is 23.1 Å². The summed E-state index contributed by atoms with van der Waals surface area (Å²) in [6.45, 7) is 0. The number of nitrogens with zero attached hydrogens (tertiary/aromatic N) is 2. The lowest BCUT2D eigenvalue weighted by Crippen LogP contribution is -2.05. The van der Waals surface area contributed by atoms with Gasteiger partial charge in [-0.1, -0.05) is 18.2 Å². The third-order valence-electron chi connectivity index (χ3n) is 3.10. The molecule has 1 heterocycles. The minimum atomic E-state index is -0.671. The third kappa shape index (κ3) is 3.13. The van der Waals surface area contributed by atoms with Gasteiger partial charge in [0.2, 0.25) is 5.90 Å². The van der Waals surface area contributed by atoms with Crippen LogP contribution >= 0.6 is 0 Å². The summed E-state index contributed by atoms with van der Waals surface area (Å²) < 4.78 is 17.9. The van der Waals surface area contributed by atoms with Gasteiger partial charge in [0.05, 0.1) is 4.92 Å². The van der Waals surface area contributed by atoms with Gasteiger partial charge < -0.3 is 4.74 Å². The van der Waals surface area contributed by atoms with Crippen molar-refractivity contribution in [3.8, 4) is 0 Å². The first-order valence-corrected chi connectivity index (χ1v) is 6.56. The van der Waals surface area contributed by atoms with Crippen molar-refractivity contribution >= 4 is 23.6 Å². The van der Waals surface area contributed by atoms with Crippen LogP contribution in [0, 0.1) is 15.9 Å². The van der Waals surface area contributed by atoms with Crippen LogP contribution in [0.1, 0.15) is 11.1 Å². The van der Waals surface area contributed by atoms with Gasteiger partial charge in [0, 0.05) is 17.7 Å². The maximum absolute atomic E-state index is 12.9. The van der Waals surface area contributed by atoms with Gasteiger partial charge in [-0.05, 0) is 29.8 Å². The van der Waals surface area contributed by atoms with Crippen molar-refractivity contribution in [2.45, 2.75) is 0 Å². The molecule has 0 aliphatic carbocycles. The Balaban J connectivity index is 1.93. The fourth-order valence-electron chi connectivity index (χ4n) is 2.00. The fraction of sp³-hybridized carbons (Fsp3) is 0. The van der Waals surface area contributed by atoms with Crippen molar-refractivity contribution in [1.29, 1.82) is 0 Å². The molecule has 0 amide bonds. The Morgan fingerprint density at radius 1 is 1.17 bits per heavy atom. The number of aliphatic imine (C=N–C) groups is 1. The van der Waals surface area contributed by atoms with E-state index in [9.17, 15) is 19.3 Å². The Kier molecular flexibility index (Phi) is 3.68. The molecule has 0 saturated carbocycles. The number of halogens is 1. The van der Waals surface area contributed by atoms with E-state index in [2.05, 4.69) is 4.99 Å². The average molecular weight is 312 g/mol. The predicted molar refractivity (Wildman–Crippen MR) is 80.1 cm³/mol. The second-order valence-corrected chi connectivity index (χ2v) is 4.70. The molecular weight excluding hydrogens is 303 g/mol. The highest BCUT2D eigenvalue weighted by Gasteiger charge is 2.25. The first-order valence-electron chi connectivity index (χ1n) is 6.56. The number of carbonyl (C=O) groups is 1. The number of rotatable bonds is 3. The number of non-ortho nitro benzene ring substituents is 1. The zero-order chi connectivity index (χ0) is 16.4. The third-order valence-corrected chi connectivity index (χ3v) is 3.10. The molecule has 0 saturated heterocycles. The molecule has 23 heavy (non-hydrogen) atoms. The van der Waals surface area contributed by atoms with Gasteiger partial charge in [-0.15, -0.1) is 0 Å². The highest BCUT2D eigenvalue weighted by atomic mass is 19.1. The second kappa shape index (κ2) is 5.80. The fourth-order valence-corrected chi connectivity index (χ4v) is 2.00. The van der Waals surface area contributed by atoms with Crippen LogP contribution < -0.4 is 0 Å². The van der Waals surface area contributed by atoms with Gasteiger partial charge in [0.1, 0.15) is 5.82 Å². The zero-order valence-corrected chi connectivity index (χ0v) is 11.6. The topological polar surface area (TPSA) is 81.8 Å². The minimum absolute atomic E-state index is 0.00735.